The second-order valence-electron chi connectivity index (χ2n) is 4.35. The van der Waals surface area contributed by atoms with Crippen LogP contribution in [-0.2, 0) is 14.8 Å². The van der Waals surface area contributed by atoms with Gasteiger partial charge in [-0.3, -0.25) is 9.71 Å². The van der Waals surface area contributed by atoms with E-state index >= 15 is 0 Å². The molecule has 0 aliphatic heterocycles. The highest BCUT2D eigenvalue weighted by Gasteiger charge is 2.22. The Morgan fingerprint density at radius 2 is 2.05 bits per heavy atom. The number of aromatic nitrogens is 1. The van der Waals surface area contributed by atoms with E-state index in [0.29, 0.717) is 11.3 Å². The summed E-state index contributed by atoms with van der Waals surface area (Å²) in [6.45, 7) is 0. The number of pyridine rings is 1. The number of benzene rings is 1. The highest BCUT2D eigenvalue weighted by Crippen LogP contribution is 2.29. The van der Waals surface area contributed by atoms with Crippen molar-refractivity contribution >= 4 is 15.7 Å². The molecule has 0 spiro atoms. The van der Waals surface area contributed by atoms with Gasteiger partial charge in [0, 0.05) is 18.9 Å². The highest BCUT2D eigenvalue weighted by molar-refractivity contribution is 7.92. The monoisotopic (exact) mass is 324 g/mol. The number of hydrogen-bond donors (Lipinski definition) is 2. The van der Waals surface area contributed by atoms with Gasteiger partial charge in [-0.25, -0.2) is 8.42 Å². The Labute approximate surface area is 128 Å². The van der Waals surface area contributed by atoms with Crippen molar-refractivity contribution in [2.45, 2.75) is 11.2 Å². The molecule has 118 valence electrons. The van der Waals surface area contributed by atoms with Crippen LogP contribution >= 0.6 is 0 Å². The number of nitrogens with one attached hydrogen (secondary N) is 1. The van der Waals surface area contributed by atoms with E-state index in [0.717, 1.165) is 0 Å². The molecule has 0 aliphatic carbocycles. The third kappa shape index (κ3) is 3.53. The van der Waals surface area contributed by atoms with Crippen molar-refractivity contribution in [3.8, 4) is 5.75 Å². The highest BCUT2D eigenvalue weighted by atomic mass is 32.2. The Kier molecular flexibility index (Phi) is 4.96. The fraction of sp³-hybridized carbons (Fsp3) is 0.214. The van der Waals surface area contributed by atoms with Gasteiger partial charge in [-0.1, -0.05) is 6.07 Å². The van der Waals surface area contributed by atoms with Crippen LogP contribution in [0.3, 0.4) is 0 Å². The van der Waals surface area contributed by atoms with Crippen LogP contribution in [0.5, 0.6) is 5.75 Å². The summed E-state index contributed by atoms with van der Waals surface area (Å²) in [5.41, 5.74) is 0.622. The lowest BCUT2D eigenvalue weighted by Crippen LogP contribution is -2.15. The molecule has 2 rings (SSSR count). The molecule has 0 saturated carbocycles. The van der Waals surface area contributed by atoms with Gasteiger partial charge in [-0.05, 0) is 24.3 Å². The third-order valence-electron chi connectivity index (χ3n) is 2.90. The average Bonchev–Trinajstić information content (AvgIpc) is 2.54. The van der Waals surface area contributed by atoms with Gasteiger partial charge >= 0.3 is 0 Å². The molecule has 7 nitrogen and oxygen atoms in total. The molecule has 1 unspecified atom stereocenters. The largest absolute Gasteiger partial charge is 0.495 e. The molecule has 1 atom stereocenters. The van der Waals surface area contributed by atoms with Crippen LogP contribution in [0.25, 0.3) is 0 Å². The van der Waals surface area contributed by atoms with Crippen LogP contribution < -0.4 is 9.46 Å². The Morgan fingerprint density at radius 3 is 2.64 bits per heavy atom. The Hall–Kier alpha value is -2.16. The molecule has 22 heavy (non-hydrogen) atoms. The van der Waals surface area contributed by atoms with Crippen LogP contribution in [0.15, 0.2) is 47.6 Å². The van der Waals surface area contributed by atoms with Gasteiger partial charge in [0.25, 0.3) is 10.0 Å². The minimum absolute atomic E-state index is 0.104. The number of methoxy groups -OCH3 is 2. The van der Waals surface area contributed by atoms with Crippen LogP contribution in [0.1, 0.15) is 11.9 Å². The van der Waals surface area contributed by atoms with Gasteiger partial charge in [0.05, 0.1) is 19.0 Å². The lowest BCUT2D eigenvalue weighted by Gasteiger charge is -2.15. The maximum absolute atomic E-state index is 12.5. The van der Waals surface area contributed by atoms with Crippen molar-refractivity contribution in [3.05, 3.63) is 48.3 Å². The summed E-state index contributed by atoms with van der Waals surface area (Å²) in [7, 11) is -1.22. The second kappa shape index (κ2) is 6.73. The van der Waals surface area contributed by atoms with Crippen LogP contribution in [0.4, 0.5) is 5.69 Å². The molecule has 1 heterocycles. The van der Waals surface area contributed by atoms with Gasteiger partial charge in [0.2, 0.25) is 0 Å². The second-order valence-corrected chi connectivity index (χ2v) is 6.00. The SMILES string of the molecule is COc1ccc(C(O)OC)cc1S(=O)(=O)Nc1cccnc1. The predicted molar refractivity (Wildman–Crippen MR) is 80.0 cm³/mol. The van der Waals surface area contributed by atoms with Crippen molar-refractivity contribution < 1.29 is 23.0 Å². The molecule has 0 fully saturated rings. The van der Waals surface area contributed by atoms with Crippen LogP contribution in [0, 0.1) is 0 Å². The molecule has 0 amide bonds. The Balaban J connectivity index is 2.44. The summed E-state index contributed by atoms with van der Waals surface area (Å²) >= 11 is 0. The zero-order valence-electron chi connectivity index (χ0n) is 12.1. The number of ether oxygens (including phenoxy) is 2. The molecule has 0 aliphatic rings. The lowest BCUT2D eigenvalue weighted by atomic mass is 10.2. The van der Waals surface area contributed by atoms with E-state index in [4.69, 9.17) is 9.47 Å². The first-order valence-corrected chi connectivity index (χ1v) is 7.78. The summed E-state index contributed by atoms with van der Waals surface area (Å²) in [4.78, 5) is 3.74. The van der Waals surface area contributed by atoms with Gasteiger partial charge < -0.3 is 14.6 Å². The quantitative estimate of drug-likeness (QED) is 0.782. The Morgan fingerprint density at radius 1 is 1.27 bits per heavy atom. The first kappa shape index (κ1) is 16.2. The lowest BCUT2D eigenvalue weighted by molar-refractivity contribution is -0.0770. The number of hydrogen-bond acceptors (Lipinski definition) is 6. The van der Waals surface area contributed by atoms with E-state index in [9.17, 15) is 13.5 Å². The third-order valence-corrected chi connectivity index (χ3v) is 4.30. The average molecular weight is 324 g/mol. The first-order chi connectivity index (χ1) is 10.5. The molecule has 0 saturated heterocycles. The molecule has 2 N–H and O–H groups in total. The summed E-state index contributed by atoms with van der Waals surface area (Å²) in [5.74, 6) is 0.156. The molecular formula is C14H16N2O5S. The zero-order chi connectivity index (χ0) is 16.2. The van der Waals surface area contributed by atoms with Crippen molar-refractivity contribution in [1.82, 2.24) is 4.98 Å². The summed E-state index contributed by atoms with van der Waals surface area (Å²) < 4.78 is 37.3. The predicted octanol–water partition coefficient (Wildman–Crippen LogP) is 1.53. The van der Waals surface area contributed by atoms with E-state index in [1.807, 2.05) is 0 Å². The molecule has 1 aromatic carbocycles. The van der Waals surface area contributed by atoms with E-state index < -0.39 is 16.3 Å². The minimum Gasteiger partial charge on any atom is -0.495 e. The maximum Gasteiger partial charge on any atom is 0.265 e. The van der Waals surface area contributed by atoms with Crippen LogP contribution in [-0.4, -0.2) is 32.7 Å². The van der Waals surface area contributed by atoms with Crippen molar-refractivity contribution in [1.29, 1.82) is 0 Å². The molecule has 2 aromatic rings. The number of anilines is 1. The Bertz CT molecular complexity index is 734. The standard InChI is InChI=1S/C14H16N2O5S/c1-20-12-6-5-10(14(17)21-2)8-13(12)22(18,19)16-11-4-3-7-15-9-11/h3-9,14,16-17H,1-2H3. The number of aliphatic hydroxyl groups is 1. The minimum atomic E-state index is -3.90. The van der Waals surface area contributed by atoms with Gasteiger partial charge in [-0.2, -0.15) is 0 Å². The summed E-state index contributed by atoms with van der Waals surface area (Å²) in [5, 5.41) is 9.68. The van der Waals surface area contributed by atoms with E-state index in [1.165, 1.54) is 44.8 Å². The fourth-order valence-corrected chi connectivity index (χ4v) is 3.07. The zero-order valence-corrected chi connectivity index (χ0v) is 12.9. The maximum atomic E-state index is 12.5. The van der Waals surface area contributed by atoms with Crippen LogP contribution in [0.2, 0.25) is 0 Å². The number of rotatable bonds is 6. The van der Waals surface area contributed by atoms with E-state index in [1.54, 1.807) is 12.1 Å². The molecular weight excluding hydrogens is 308 g/mol. The molecule has 0 radical (unpaired) electrons. The van der Waals surface area contributed by atoms with Crippen molar-refractivity contribution in [2.75, 3.05) is 18.9 Å². The summed E-state index contributed by atoms with van der Waals surface area (Å²) in [6.07, 6.45) is 1.70. The summed E-state index contributed by atoms with van der Waals surface area (Å²) in [6, 6.07) is 7.46. The first-order valence-electron chi connectivity index (χ1n) is 6.29. The van der Waals surface area contributed by atoms with Gasteiger partial charge in [0.1, 0.15) is 10.6 Å². The molecule has 1 aromatic heterocycles. The van der Waals surface area contributed by atoms with Gasteiger partial charge in [0.15, 0.2) is 6.29 Å². The fourth-order valence-electron chi connectivity index (χ4n) is 1.83. The molecule has 8 heteroatoms. The smallest absolute Gasteiger partial charge is 0.265 e. The van der Waals surface area contributed by atoms with Gasteiger partial charge in [-0.15, -0.1) is 0 Å². The topological polar surface area (TPSA) is 97.8 Å². The van der Waals surface area contributed by atoms with Crippen molar-refractivity contribution in [2.24, 2.45) is 0 Å². The molecule has 0 bridgehead atoms. The number of aliphatic hydroxyl groups excluding tert-OH is 1. The van der Waals surface area contributed by atoms with Crippen molar-refractivity contribution in [3.63, 3.8) is 0 Å². The van der Waals surface area contributed by atoms with E-state index in [-0.39, 0.29) is 10.6 Å². The normalized spacial score (nSPS) is 12.7. The van der Waals surface area contributed by atoms with E-state index in [2.05, 4.69) is 9.71 Å². The number of sulfonamides is 1. The number of nitrogens with zero attached hydrogens (tertiary/aromatic N) is 1.